The molecule has 1 amide bonds. The van der Waals surface area contributed by atoms with E-state index in [2.05, 4.69) is 27.0 Å². The van der Waals surface area contributed by atoms with Gasteiger partial charge in [0, 0.05) is 44.3 Å². The van der Waals surface area contributed by atoms with Crippen LogP contribution in [-0.2, 0) is 17.9 Å². The summed E-state index contributed by atoms with van der Waals surface area (Å²) in [5.41, 5.74) is 3.05. The molecular formula is C20H24N4O. The quantitative estimate of drug-likeness (QED) is 0.860. The summed E-state index contributed by atoms with van der Waals surface area (Å²) >= 11 is 0. The highest BCUT2D eigenvalue weighted by Crippen LogP contribution is 2.41. The number of likely N-dealkylation sites (tertiary alicyclic amines) is 2. The molecule has 130 valence electrons. The first kappa shape index (κ1) is 16.2. The van der Waals surface area contributed by atoms with Crippen LogP contribution in [-0.4, -0.2) is 45.3 Å². The Labute approximate surface area is 148 Å². The van der Waals surface area contributed by atoms with Gasteiger partial charge in [-0.1, -0.05) is 12.1 Å². The first-order chi connectivity index (χ1) is 12.1. The van der Waals surface area contributed by atoms with E-state index < -0.39 is 0 Å². The highest BCUT2D eigenvalue weighted by atomic mass is 16.2. The minimum atomic E-state index is -0.188. The lowest BCUT2D eigenvalue weighted by Crippen LogP contribution is -2.36. The van der Waals surface area contributed by atoms with Gasteiger partial charge in [0.1, 0.15) is 0 Å². The van der Waals surface area contributed by atoms with E-state index in [-0.39, 0.29) is 5.41 Å². The average molecular weight is 336 g/mol. The predicted octanol–water partition coefficient (Wildman–Crippen LogP) is 2.41. The molecule has 2 aromatic heterocycles. The number of hydrogen-bond donors (Lipinski definition) is 0. The van der Waals surface area contributed by atoms with Gasteiger partial charge in [0.15, 0.2) is 0 Å². The predicted molar refractivity (Wildman–Crippen MR) is 95.6 cm³/mol. The number of nitrogens with zero attached hydrogens (tertiary/aromatic N) is 4. The third-order valence-electron chi connectivity index (χ3n) is 5.46. The van der Waals surface area contributed by atoms with Crippen LogP contribution < -0.4 is 0 Å². The first-order valence-electron chi connectivity index (χ1n) is 8.98. The van der Waals surface area contributed by atoms with Crippen LogP contribution in [0.2, 0.25) is 0 Å². The summed E-state index contributed by atoms with van der Waals surface area (Å²) in [5.74, 6) is 0.316. The van der Waals surface area contributed by atoms with Gasteiger partial charge in [-0.05, 0) is 50.1 Å². The summed E-state index contributed by atoms with van der Waals surface area (Å²) in [4.78, 5) is 26.2. The van der Waals surface area contributed by atoms with Crippen molar-refractivity contribution in [2.75, 3.05) is 19.6 Å². The second kappa shape index (κ2) is 6.56. The molecule has 2 saturated heterocycles. The number of hydrogen-bond acceptors (Lipinski definition) is 4. The molecule has 0 unspecified atom stereocenters. The SMILES string of the molecule is Cc1cccc(CN2CC[C@@]3(CCN(Cc4cccnc4)C3=O)C2)n1. The van der Waals surface area contributed by atoms with Crippen LogP contribution >= 0.6 is 0 Å². The molecule has 2 fully saturated rings. The molecule has 2 aliphatic rings. The number of carbonyl (C=O) groups is 1. The molecule has 5 nitrogen and oxygen atoms in total. The fourth-order valence-corrected chi connectivity index (χ4v) is 4.14. The van der Waals surface area contributed by atoms with E-state index in [0.717, 1.165) is 56.0 Å². The summed E-state index contributed by atoms with van der Waals surface area (Å²) in [6, 6.07) is 10.1. The minimum Gasteiger partial charge on any atom is -0.338 e. The number of aromatic nitrogens is 2. The summed E-state index contributed by atoms with van der Waals surface area (Å²) < 4.78 is 0. The third-order valence-corrected chi connectivity index (χ3v) is 5.46. The Morgan fingerprint density at radius 3 is 2.80 bits per heavy atom. The molecule has 2 aromatic rings. The highest BCUT2D eigenvalue weighted by Gasteiger charge is 2.50. The van der Waals surface area contributed by atoms with E-state index in [1.807, 2.05) is 36.2 Å². The smallest absolute Gasteiger partial charge is 0.230 e. The van der Waals surface area contributed by atoms with E-state index in [1.54, 1.807) is 6.20 Å². The fourth-order valence-electron chi connectivity index (χ4n) is 4.14. The van der Waals surface area contributed by atoms with Crippen LogP contribution in [0.25, 0.3) is 0 Å². The van der Waals surface area contributed by atoms with Gasteiger partial charge in [0.05, 0.1) is 11.1 Å². The molecule has 0 aromatic carbocycles. The van der Waals surface area contributed by atoms with Crippen LogP contribution in [0.4, 0.5) is 0 Å². The molecule has 4 rings (SSSR count). The Morgan fingerprint density at radius 1 is 1.12 bits per heavy atom. The van der Waals surface area contributed by atoms with Crippen molar-refractivity contribution in [1.82, 2.24) is 19.8 Å². The molecular weight excluding hydrogens is 312 g/mol. The Morgan fingerprint density at radius 2 is 2.00 bits per heavy atom. The van der Waals surface area contributed by atoms with Gasteiger partial charge < -0.3 is 4.90 Å². The summed E-state index contributed by atoms with van der Waals surface area (Å²) in [5, 5.41) is 0. The van der Waals surface area contributed by atoms with Crippen molar-refractivity contribution in [2.24, 2.45) is 5.41 Å². The first-order valence-corrected chi connectivity index (χ1v) is 8.98. The van der Waals surface area contributed by atoms with Gasteiger partial charge in [-0.15, -0.1) is 0 Å². The van der Waals surface area contributed by atoms with Crippen molar-refractivity contribution in [3.8, 4) is 0 Å². The van der Waals surface area contributed by atoms with Gasteiger partial charge in [0.25, 0.3) is 0 Å². The van der Waals surface area contributed by atoms with Crippen LogP contribution in [0.15, 0.2) is 42.7 Å². The zero-order chi connectivity index (χ0) is 17.3. The van der Waals surface area contributed by atoms with Gasteiger partial charge in [-0.2, -0.15) is 0 Å². The van der Waals surface area contributed by atoms with E-state index in [4.69, 9.17) is 0 Å². The van der Waals surface area contributed by atoms with Gasteiger partial charge in [0.2, 0.25) is 5.91 Å². The molecule has 1 atom stereocenters. The second-order valence-corrected chi connectivity index (χ2v) is 7.35. The standard InChI is InChI=1S/C20H24N4O/c1-16-4-2-6-18(22-16)14-23-10-7-20(15-23)8-11-24(19(20)25)13-17-5-3-9-21-12-17/h2-6,9,12H,7-8,10-11,13-15H2,1H3/t20-/m1/s1. The monoisotopic (exact) mass is 336 g/mol. The molecule has 25 heavy (non-hydrogen) atoms. The third kappa shape index (κ3) is 3.29. The van der Waals surface area contributed by atoms with E-state index in [0.29, 0.717) is 12.5 Å². The maximum Gasteiger partial charge on any atom is 0.230 e. The highest BCUT2D eigenvalue weighted by molar-refractivity contribution is 5.85. The van der Waals surface area contributed by atoms with E-state index in [9.17, 15) is 4.79 Å². The zero-order valence-corrected chi connectivity index (χ0v) is 14.7. The van der Waals surface area contributed by atoms with Crippen LogP contribution in [0.5, 0.6) is 0 Å². The zero-order valence-electron chi connectivity index (χ0n) is 14.7. The molecule has 2 aliphatic heterocycles. The van der Waals surface area contributed by atoms with Crippen LogP contribution in [0.1, 0.15) is 29.8 Å². The molecule has 4 heterocycles. The van der Waals surface area contributed by atoms with Crippen molar-refractivity contribution in [2.45, 2.75) is 32.9 Å². The largest absolute Gasteiger partial charge is 0.338 e. The topological polar surface area (TPSA) is 49.3 Å². The van der Waals surface area contributed by atoms with Crippen molar-refractivity contribution in [3.63, 3.8) is 0 Å². The number of rotatable bonds is 4. The summed E-state index contributed by atoms with van der Waals surface area (Å²) in [7, 11) is 0. The molecule has 0 saturated carbocycles. The van der Waals surface area contributed by atoms with Crippen molar-refractivity contribution in [3.05, 3.63) is 59.7 Å². The average Bonchev–Trinajstić information content (AvgIpc) is 3.15. The van der Waals surface area contributed by atoms with Crippen molar-refractivity contribution >= 4 is 5.91 Å². The molecule has 5 heteroatoms. The van der Waals surface area contributed by atoms with Gasteiger partial charge in [-0.25, -0.2) is 0 Å². The lowest BCUT2D eigenvalue weighted by molar-refractivity contribution is -0.136. The second-order valence-electron chi connectivity index (χ2n) is 7.35. The summed E-state index contributed by atoms with van der Waals surface area (Å²) in [6.45, 7) is 6.20. The number of pyridine rings is 2. The molecule has 0 aliphatic carbocycles. The number of amides is 1. The number of carbonyl (C=O) groups excluding carboxylic acids is 1. The molecule has 0 radical (unpaired) electrons. The molecule has 0 bridgehead atoms. The summed E-state index contributed by atoms with van der Waals surface area (Å²) in [6.07, 6.45) is 5.54. The Balaban J connectivity index is 1.41. The minimum absolute atomic E-state index is 0.188. The van der Waals surface area contributed by atoms with E-state index >= 15 is 0 Å². The molecule has 0 N–H and O–H groups in total. The Kier molecular flexibility index (Phi) is 4.25. The van der Waals surface area contributed by atoms with E-state index in [1.165, 1.54) is 0 Å². The fraction of sp³-hybridized carbons (Fsp3) is 0.450. The van der Waals surface area contributed by atoms with Crippen LogP contribution in [0.3, 0.4) is 0 Å². The lowest BCUT2D eigenvalue weighted by atomic mass is 9.85. The maximum atomic E-state index is 13.0. The van der Waals surface area contributed by atoms with Crippen LogP contribution in [0, 0.1) is 12.3 Å². The normalized spacial score (nSPS) is 23.7. The maximum absolute atomic E-state index is 13.0. The van der Waals surface area contributed by atoms with Gasteiger partial charge in [-0.3, -0.25) is 19.7 Å². The lowest BCUT2D eigenvalue weighted by Gasteiger charge is -2.23. The Bertz CT molecular complexity index is 763. The van der Waals surface area contributed by atoms with Crippen molar-refractivity contribution < 1.29 is 4.79 Å². The molecule has 1 spiro atoms. The van der Waals surface area contributed by atoms with Gasteiger partial charge >= 0.3 is 0 Å². The number of aryl methyl sites for hydroxylation is 1. The van der Waals surface area contributed by atoms with Crippen molar-refractivity contribution in [1.29, 1.82) is 0 Å². The Hall–Kier alpha value is -2.27.